The van der Waals surface area contributed by atoms with Crippen LogP contribution in [0.3, 0.4) is 0 Å². The third-order valence-electron chi connectivity index (χ3n) is 5.08. The van der Waals surface area contributed by atoms with Crippen molar-refractivity contribution in [3.8, 4) is 23.6 Å². The highest BCUT2D eigenvalue weighted by Gasteiger charge is 2.51. The maximum Gasteiger partial charge on any atom is 0.475 e. The molecule has 2 aromatic rings. The number of methoxy groups -OCH3 is 2. The fourth-order valence-corrected chi connectivity index (χ4v) is 4.88. The Morgan fingerprint density at radius 1 is 0.943 bits per heavy atom. The summed E-state index contributed by atoms with van der Waals surface area (Å²) in [6.07, 6.45) is -1.25. The molecule has 3 rings (SSSR count). The maximum atomic E-state index is 13.7. The highest BCUT2D eigenvalue weighted by molar-refractivity contribution is 7.48. The highest BCUT2D eigenvalue weighted by atomic mass is 31.2. The number of ether oxygens (including phenoxy) is 4. The summed E-state index contributed by atoms with van der Waals surface area (Å²) in [7, 11) is -1.30. The first-order chi connectivity index (χ1) is 17.0. The van der Waals surface area contributed by atoms with Crippen molar-refractivity contribution < 1.29 is 37.1 Å². The lowest BCUT2D eigenvalue weighted by molar-refractivity contribution is -0.229. The first kappa shape index (κ1) is 26.7. The molecular formula is C24H27N2O8P. The summed E-state index contributed by atoms with van der Waals surface area (Å²) in [5, 5.41) is 17.8. The summed E-state index contributed by atoms with van der Waals surface area (Å²) in [5.41, 5.74) is 1.07. The van der Waals surface area contributed by atoms with Crippen LogP contribution < -0.4 is 9.47 Å². The van der Waals surface area contributed by atoms with Crippen molar-refractivity contribution in [3.05, 3.63) is 59.7 Å². The largest absolute Gasteiger partial charge is 0.497 e. The zero-order valence-electron chi connectivity index (χ0n) is 19.5. The third-order valence-corrected chi connectivity index (χ3v) is 6.54. The normalized spacial score (nSPS) is 15.7. The number of rotatable bonds is 13. The Labute approximate surface area is 204 Å². The van der Waals surface area contributed by atoms with E-state index in [2.05, 4.69) is 0 Å². The van der Waals surface area contributed by atoms with Crippen molar-refractivity contribution in [2.75, 3.05) is 40.6 Å². The van der Waals surface area contributed by atoms with Crippen molar-refractivity contribution in [1.29, 1.82) is 10.5 Å². The standard InChI is InChI=1S/C24H27N2O8P/c1-28-21-16-19(17-22(18-21)29-2)23(24(30-14-15-31-24)20-8-4-3-5-9-20)34-35(27,32-12-6-10-25)33-13-7-11-26/h3-5,8-9,16-18,23H,6-7,12-15H2,1-2H3. The molecule has 0 N–H and O–H groups in total. The van der Waals surface area contributed by atoms with Gasteiger partial charge >= 0.3 is 7.82 Å². The number of benzene rings is 2. The van der Waals surface area contributed by atoms with Gasteiger partial charge in [0.15, 0.2) is 6.10 Å². The summed E-state index contributed by atoms with van der Waals surface area (Å²) >= 11 is 0. The van der Waals surface area contributed by atoms with Crippen LogP contribution in [0.25, 0.3) is 0 Å². The smallest absolute Gasteiger partial charge is 0.475 e. The van der Waals surface area contributed by atoms with Crippen molar-refractivity contribution in [3.63, 3.8) is 0 Å². The number of phosphoric ester groups is 1. The van der Waals surface area contributed by atoms with Crippen LogP contribution >= 0.6 is 7.82 Å². The number of hydrogen-bond donors (Lipinski definition) is 0. The number of phosphoric acid groups is 1. The van der Waals surface area contributed by atoms with Gasteiger partial charge < -0.3 is 18.9 Å². The minimum absolute atomic E-state index is 0.0383. The molecular weight excluding hydrogens is 475 g/mol. The minimum Gasteiger partial charge on any atom is -0.497 e. The van der Waals surface area contributed by atoms with Crippen molar-refractivity contribution in [2.24, 2.45) is 0 Å². The van der Waals surface area contributed by atoms with Gasteiger partial charge in [0.2, 0.25) is 5.79 Å². The molecule has 0 aliphatic carbocycles. The lowest BCUT2D eigenvalue weighted by Gasteiger charge is -2.37. The molecule has 0 aromatic heterocycles. The van der Waals surface area contributed by atoms with Crippen LogP contribution in [-0.2, 0) is 33.4 Å². The average molecular weight is 502 g/mol. The Morgan fingerprint density at radius 3 is 1.97 bits per heavy atom. The predicted octanol–water partition coefficient (Wildman–Crippen LogP) is 4.63. The van der Waals surface area contributed by atoms with Crippen LogP contribution in [0.2, 0.25) is 0 Å². The predicted molar refractivity (Wildman–Crippen MR) is 123 cm³/mol. The van der Waals surface area contributed by atoms with E-state index in [9.17, 15) is 4.57 Å². The molecule has 186 valence electrons. The summed E-state index contributed by atoms with van der Waals surface area (Å²) in [4.78, 5) is 0. The van der Waals surface area contributed by atoms with Crippen LogP contribution in [0.5, 0.6) is 11.5 Å². The van der Waals surface area contributed by atoms with Crippen LogP contribution in [0.15, 0.2) is 48.5 Å². The first-order valence-electron chi connectivity index (χ1n) is 10.9. The van der Waals surface area contributed by atoms with Gasteiger partial charge in [-0.2, -0.15) is 10.5 Å². The third kappa shape index (κ3) is 6.59. The Balaban J connectivity index is 2.13. The van der Waals surface area contributed by atoms with Crippen LogP contribution in [0.4, 0.5) is 0 Å². The van der Waals surface area contributed by atoms with E-state index in [1.165, 1.54) is 14.2 Å². The number of nitrogens with zero attached hydrogens (tertiary/aromatic N) is 2. The van der Waals surface area contributed by atoms with Gasteiger partial charge in [0, 0.05) is 11.6 Å². The van der Waals surface area contributed by atoms with Crippen molar-refractivity contribution in [1.82, 2.24) is 0 Å². The molecule has 1 unspecified atom stereocenters. The SMILES string of the molecule is COc1cc(OC)cc(C(OP(=O)(OCCC#N)OCCC#N)C2(c3ccccc3)OCCO2)c1. The zero-order valence-corrected chi connectivity index (χ0v) is 20.4. The molecule has 10 nitrogen and oxygen atoms in total. The fraction of sp³-hybridized carbons (Fsp3) is 0.417. The molecule has 0 saturated carbocycles. The van der Waals surface area contributed by atoms with Gasteiger partial charge in [0.05, 0.1) is 65.6 Å². The molecule has 1 aliphatic heterocycles. The Morgan fingerprint density at radius 2 is 1.49 bits per heavy atom. The molecule has 0 radical (unpaired) electrons. The van der Waals surface area contributed by atoms with Gasteiger partial charge in [-0.15, -0.1) is 0 Å². The second-order valence-electron chi connectivity index (χ2n) is 7.29. The molecule has 1 saturated heterocycles. The second-order valence-corrected chi connectivity index (χ2v) is 8.91. The zero-order chi connectivity index (χ0) is 25.2. The van der Waals surface area contributed by atoms with E-state index in [4.69, 9.17) is 43.0 Å². The molecule has 1 heterocycles. The molecule has 35 heavy (non-hydrogen) atoms. The molecule has 11 heteroatoms. The van der Waals surface area contributed by atoms with Gasteiger partial charge in [0.25, 0.3) is 0 Å². The van der Waals surface area contributed by atoms with E-state index < -0.39 is 19.7 Å². The average Bonchev–Trinajstić information content (AvgIpc) is 3.39. The summed E-state index contributed by atoms with van der Waals surface area (Å²) in [6, 6.07) is 18.0. The Bertz CT molecular complexity index is 1050. The molecule has 0 amide bonds. The lowest BCUT2D eigenvalue weighted by Crippen LogP contribution is -2.36. The monoisotopic (exact) mass is 502 g/mol. The van der Waals surface area contributed by atoms with Crippen molar-refractivity contribution in [2.45, 2.75) is 24.7 Å². The second kappa shape index (κ2) is 12.7. The van der Waals surface area contributed by atoms with E-state index in [1.54, 1.807) is 30.3 Å². The highest BCUT2D eigenvalue weighted by Crippen LogP contribution is 2.58. The van der Waals surface area contributed by atoms with E-state index in [-0.39, 0.29) is 39.3 Å². The first-order valence-corrected chi connectivity index (χ1v) is 12.3. The summed E-state index contributed by atoms with van der Waals surface area (Å²) in [6.45, 7) is 0.110. The Hall–Kier alpha value is -2.95. The number of nitriles is 2. The van der Waals surface area contributed by atoms with Gasteiger partial charge in [-0.3, -0.25) is 13.6 Å². The van der Waals surface area contributed by atoms with E-state index in [0.717, 1.165) is 0 Å². The van der Waals surface area contributed by atoms with E-state index in [1.807, 2.05) is 30.3 Å². The molecule has 0 bridgehead atoms. The fourth-order valence-electron chi connectivity index (χ4n) is 3.53. The lowest BCUT2D eigenvalue weighted by atomic mass is 9.94. The van der Waals surface area contributed by atoms with Crippen LogP contribution in [0.1, 0.15) is 30.1 Å². The van der Waals surface area contributed by atoms with Crippen LogP contribution in [0, 0.1) is 22.7 Å². The molecule has 2 aromatic carbocycles. The van der Waals surface area contributed by atoms with E-state index in [0.29, 0.717) is 22.6 Å². The topological polar surface area (TPSA) is 129 Å². The summed E-state index contributed by atoms with van der Waals surface area (Å²) < 4.78 is 53.7. The maximum absolute atomic E-state index is 13.7. The quantitative estimate of drug-likeness (QED) is 0.282. The van der Waals surface area contributed by atoms with Gasteiger partial charge in [-0.1, -0.05) is 30.3 Å². The molecule has 1 fully saturated rings. The molecule has 0 spiro atoms. The van der Waals surface area contributed by atoms with Crippen molar-refractivity contribution >= 4 is 7.82 Å². The number of hydrogen-bond acceptors (Lipinski definition) is 10. The molecule has 1 atom stereocenters. The minimum atomic E-state index is -4.31. The van der Waals surface area contributed by atoms with Gasteiger partial charge in [-0.25, -0.2) is 4.57 Å². The summed E-state index contributed by atoms with van der Waals surface area (Å²) in [5.74, 6) is -0.592. The van der Waals surface area contributed by atoms with Gasteiger partial charge in [-0.05, 0) is 17.7 Å². The van der Waals surface area contributed by atoms with E-state index >= 15 is 0 Å². The Kier molecular flexibility index (Phi) is 9.64. The molecule has 1 aliphatic rings. The van der Waals surface area contributed by atoms with Gasteiger partial charge in [0.1, 0.15) is 11.5 Å². The van der Waals surface area contributed by atoms with Crippen LogP contribution in [-0.4, -0.2) is 40.6 Å².